The Morgan fingerprint density at radius 1 is 0.403 bits per heavy atom. The average Bonchev–Trinajstić information content (AvgIpc) is 3.33. The Labute approximate surface area is 419 Å². The summed E-state index contributed by atoms with van der Waals surface area (Å²) in [4.78, 5) is 24.5. The number of amides is 1. The molecule has 0 aliphatic carbocycles. The Bertz CT molecular complexity index is 1000. The lowest BCUT2D eigenvalue weighted by molar-refractivity contribution is -0.143. The highest BCUT2D eigenvalue weighted by Crippen LogP contribution is 2.18. The number of aliphatic hydroxyl groups is 2. The van der Waals surface area contributed by atoms with E-state index in [0.29, 0.717) is 25.9 Å². The zero-order valence-electron chi connectivity index (χ0n) is 45.4. The molecule has 0 spiro atoms. The predicted octanol–water partition coefficient (Wildman–Crippen LogP) is 18.9. The van der Waals surface area contributed by atoms with Gasteiger partial charge in [-0.05, 0) is 51.4 Å². The normalized spacial score (nSPS) is 12.6. The monoisotopic (exact) mass is 946 g/mol. The van der Waals surface area contributed by atoms with Crippen LogP contribution in [-0.2, 0) is 14.3 Å². The number of esters is 1. The van der Waals surface area contributed by atoms with E-state index in [0.717, 1.165) is 38.5 Å². The van der Waals surface area contributed by atoms with Crippen LogP contribution in [0.2, 0.25) is 0 Å². The number of allylic oxidation sites excluding steroid dienone is 2. The van der Waals surface area contributed by atoms with E-state index in [-0.39, 0.29) is 18.5 Å². The maximum atomic E-state index is 12.5. The molecule has 2 atom stereocenters. The maximum Gasteiger partial charge on any atom is 0.305 e. The quantitative estimate of drug-likeness (QED) is 0.0321. The fourth-order valence-corrected chi connectivity index (χ4v) is 9.64. The molecular weight excluding hydrogens is 827 g/mol. The second-order valence-electron chi connectivity index (χ2n) is 21.0. The minimum absolute atomic E-state index is 0.0117. The summed E-state index contributed by atoms with van der Waals surface area (Å²) in [6, 6.07) is -0.545. The van der Waals surface area contributed by atoms with Crippen molar-refractivity contribution in [3.63, 3.8) is 0 Å². The summed E-state index contributed by atoms with van der Waals surface area (Å²) in [5, 5.41) is 23.3. The molecule has 6 nitrogen and oxygen atoms in total. The molecule has 0 rings (SSSR count). The van der Waals surface area contributed by atoms with Crippen molar-refractivity contribution >= 4 is 11.9 Å². The van der Waals surface area contributed by atoms with E-state index in [1.165, 1.54) is 270 Å². The van der Waals surface area contributed by atoms with Crippen molar-refractivity contribution in [3.05, 3.63) is 12.2 Å². The number of nitrogens with one attached hydrogen (secondary N) is 1. The molecule has 67 heavy (non-hydrogen) atoms. The molecule has 0 aromatic rings. The van der Waals surface area contributed by atoms with E-state index in [1.54, 1.807) is 0 Å². The van der Waals surface area contributed by atoms with Gasteiger partial charge in [0.2, 0.25) is 5.91 Å². The molecule has 0 saturated heterocycles. The van der Waals surface area contributed by atoms with Crippen LogP contribution in [0, 0.1) is 0 Å². The maximum absolute atomic E-state index is 12.5. The number of aliphatic hydroxyl groups excluding tert-OH is 2. The van der Waals surface area contributed by atoms with Crippen molar-refractivity contribution in [2.75, 3.05) is 13.2 Å². The summed E-state index contributed by atoms with van der Waals surface area (Å²) in [5.74, 6) is -0.0269. The Morgan fingerprint density at radius 3 is 1.06 bits per heavy atom. The number of hydrogen-bond donors (Lipinski definition) is 3. The average molecular weight is 947 g/mol. The summed E-state index contributed by atoms with van der Waals surface area (Å²) in [6.07, 6.45) is 67.9. The third kappa shape index (κ3) is 53.8. The molecule has 6 heteroatoms. The molecule has 0 saturated carbocycles. The number of rotatable bonds is 57. The Morgan fingerprint density at radius 2 is 0.701 bits per heavy atom. The highest BCUT2D eigenvalue weighted by molar-refractivity contribution is 5.76. The summed E-state index contributed by atoms with van der Waals surface area (Å²) in [5.41, 5.74) is 0. The molecule has 0 aliphatic heterocycles. The lowest BCUT2D eigenvalue weighted by Gasteiger charge is -2.22. The molecule has 398 valence electrons. The first kappa shape index (κ1) is 65.6. The van der Waals surface area contributed by atoms with Crippen molar-refractivity contribution in [2.24, 2.45) is 0 Å². The zero-order chi connectivity index (χ0) is 48.6. The van der Waals surface area contributed by atoms with Gasteiger partial charge in [-0.2, -0.15) is 0 Å². The molecule has 2 unspecified atom stereocenters. The van der Waals surface area contributed by atoms with Crippen molar-refractivity contribution < 1.29 is 24.5 Å². The van der Waals surface area contributed by atoms with Crippen LogP contribution in [0.3, 0.4) is 0 Å². The van der Waals surface area contributed by atoms with Gasteiger partial charge in [-0.15, -0.1) is 0 Å². The molecule has 0 aromatic carbocycles. The van der Waals surface area contributed by atoms with Crippen LogP contribution in [0.15, 0.2) is 12.2 Å². The van der Waals surface area contributed by atoms with Gasteiger partial charge in [0.05, 0.1) is 25.4 Å². The second kappa shape index (κ2) is 57.2. The first-order chi connectivity index (χ1) is 33.0. The highest BCUT2D eigenvalue weighted by atomic mass is 16.5. The van der Waals surface area contributed by atoms with Crippen molar-refractivity contribution in [2.45, 2.75) is 353 Å². The summed E-state index contributed by atoms with van der Waals surface area (Å²) in [7, 11) is 0. The SMILES string of the molecule is CCCCCCCCCCCCCCCCCCC(O)C(CO)NC(=O)CCCCCCCCC/C=C\CCCCCCCCCCCCCCOC(=O)CCCCCCCCCCCCC. The van der Waals surface area contributed by atoms with Gasteiger partial charge in [0.1, 0.15) is 0 Å². The fraction of sp³-hybridized carbons (Fsp3) is 0.934. The largest absolute Gasteiger partial charge is 0.466 e. The van der Waals surface area contributed by atoms with Gasteiger partial charge in [0.25, 0.3) is 0 Å². The molecule has 1 amide bonds. The van der Waals surface area contributed by atoms with Crippen LogP contribution in [-0.4, -0.2) is 47.4 Å². The molecule has 0 bridgehead atoms. The van der Waals surface area contributed by atoms with Gasteiger partial charge >= 0.3 is 5.97 Å². The van der Waals surface area contributed by atoms with Crippen molar-refractivity contribution in [3.8, 4) is 0 Å². The Balaban J connectivity index is 3.41. The van der Waals surface area contributed by atoms with Crippen LogP contribution >= 0.6 is 0 Å². The van der Waals surface area contributed by atoms with Crippen LogP contribution in [0.25, 0.3) is 0 Å². The minimum atomic E-state index is -0.667. The van der Waals surface area contributed by atoms with Gasteiger partial charge in [0.15, 0.2) is 0 Å². The third-order valence-corrected chi connectivity index (χ3v) is 14.3. The number of hydrogen-bond acceptors (Lipinski definition) is 5. The Hall–Kier alpha value is -1.40. The third-order valence-electron chi connectivity index (χ3n) is 14.3. The number of carbonyl (C=O) groups excluding carboxylic acids is 2. The summed E-state index contributed by atoms with van der Waals surface area (Å²) < 4.78 is 5.46. The van der Waals surface area contributed by atoms with E-state index in [4.69, 9.17) is 4.74 Å². The van der Waals surface area contributed by atoms with Crippen molar-refractivity contribution in [1.82, 2.24) is 5.32 Å². The van der Waals surface area contributed by atoms with Gasteiger partial charge in [-0.1, -0.05) is 289 Å². The Kier molecular flexibility index (Phi) is 56.0. The zero-order valence-corrected chi connectivity index (χ0v) is 45.4. The van der Waals surface area contributed by atoms with Crippen LogP contribution in [0.4, 0.5) is 0 Å². The van der Waals surface area contributed by atoms with E-state index in [2.05, 4.69) is 31.3 Å². The number of unbranched alkanes of at least 4 members (excludes halogenated alkanes) is 44. The summed E-state index contributed by atoms with van der Waals surface area (Å²) >= 11 is 0. The molecular formula is C61H119NO5. The van der Waals surface area contributed by atoms with E-state index < -0.39 is 12.1 Å². The first-order valence-corrected chi connectivity index (χ1v) is 30.4. The smallest absolute Gasteiger partial charge is 0.305 e. The van der Waals surface area contributed by atoms with Gasteiger partial charge in [-0.25, -0.2) is 0 Å². The van der Waals surface area contributed by atoms with E-state index in [9.17, 15) is 19.8 Å². The lowest BCUT2D eigenvalue weighted by atomic mass is 10.0. The molecule has 0 radical (unpaired) electrons. The standard InChI is InChI=1S/C61H119NO5/c1-3-5-7-9-11-13-15-16-17-27-30-34-37-41-45-49-53-59(64)58(57-63)62-60(65)54-50-46-42-38-35-31-28-25-23-21-19-18-20-22-24-26-29-32-36-40-44-48-52-56-67-61(66)55-51-47-43-39-33-14-12-10-8-6-4-2/h21,23,58-59,63-64H,3-20,22,24-57H2,1-2H3,(H,62,65)/b23-21-. The molecule has 0 heterocycles. The minimum Gasteiger partial charge on any atom is -0.466 e. The number of carbonyl (C=O) groups is 2. The molecule has 0 aromatic heterocycles. The topological polar surface area (TPSA) is 95.9 Å². The van der Waals surface area contributed by atoms with E-state index in [1.807, 2.05) is 0 Å². The first-order valence-electron chi connectivity index (χ1n) is 30.4. The van der Waals surface area contributed by atoms with Gasteiger partial charge < -0.3 is 20.3 Å². The highest BCUT2D eigenvalue weighted by Gasteiger charge is 2.20. The number of ether oxygens (including phenoxy) is 1. The van der Waals surface area contributed by atoms with Gasteiger partial charge in [-0.3, -0.25) is 9.59 Å². The van der Waals surface area contributed by atoms with Crippen LogP contribution in [0.5, 0.6) is 0 Å². The van der Waals surface area contributed by atoms with Crippen LogP contribution in [0.1, 0.15) is 341 Å². The molecule has 0 aliphatic rings. The lowest BCUT2D eigenvalue weighted by Crippen LogP contribution is -2.45. The molecule has 3 N–H and O–H groups in total. The van der Waals surface area contributed by atoms with Gasteiger partial charge in [0, 0.05) is 12.8 Å². The fourth-order valence-electron chi connectivity index (χ4n) is 9.64. The van der Waals surface area contributed by atoms with Crippen molar-refractivity contribution in [1.29, 1.82) is 0 Å². The summed E-state index contributed by atoms with van der Waals surface area (Å²) in [6.45, 7) is 4.97. The predicted molar refractivity (Wildman–Crippen MR) is 292 cm³/mol. The van der Waals surface area contributed by atoms with E-state index >= 15 is 0 Å². The second-order valence-corrected chi connectivity index (χ2v) is 21.0. The van der Waals surface area contributed by atoms with Crippen LogP contribution < -0.4 is 5.32 Å². The molecule has 0 fully saturated rings.